The molecule has 0 aliphatic heterocycles. The van der Waals surface area contributed by atoms with E-state index in [0.29, 0.717) is 22.5 Å². The van der Waals surface area contributed by atoms with Crippen LogP contribution < -0.4 is 0 Å². The van der Waals surface area contributed by atoms with E-state index in [-0.39, 0.29) is 0 Å². The highest BCUT2D eigenvalue weighted by atomic mass is 32.1. The number of rotatable bonds is 6. The van der Waals surface area contributed by atoms with Crippen molar-refractivity contribution < 1.29 is 4.42 Å². The largest absolute Gasteiger partial charge is 0.456 e. The maximum Gasteiger partial charge on any atom is 0.220 e. The van der Waals surface area contributed by atoms with E-state index in [1.54, 1.807) is 11.3 Å². The van der Waals surface area contributed by atoms with Crippen LogP contribution in [-0.2, 0) is 0 Å². The van der Waals surface area contributed by atoms with Gasteiger partial charge in [-0.25, -0.2) is 4.85 Å². The number of thiophene rings is 2. The molecule has 17 rings (SSSR count). The van der Waals surface area contributed by atoms with Crippen molar-refractivity contribution in [3.63, 3.8) is 0 Å². The Labute approximate surface area is 471 Å². The summed E-state index contributed by atoms with van der Waals surface area (Å²) in [5.74, 6) is 0. The van der Waals surface area contributed by atoms with Gasteiger partial charge in [0.15, 0.2) is 0 Å². The molecule has 0 saturated heterocycles. The van der Waals surface area contributed by atoms with Crippen LogP contribution in [0.1, 0.15) is 5.56 Å². The summed E-state index contributed by atoms with van der Waals surface area (Å²) < 4.78 is 16.0. The van der Waals surface area contributed by atoms with Gasteiger partial charge in [0, 0.05) is 74.4 Å². The van der Waals surface area contributed by atoms with Gasteiger partial charge in [0.2, 0.25) is 5.69 Å². The first kappa shape index (κ1) is 45.5. The van der Waals surface area contributed by atoms with E-state index < -0.39 is 0 Å². The quantitative estimate of drug-likeness (QED) is 0.156. The molecule has 0 unspecified atom stereocenters. The number of para-hydroxylation sites is 2. The molecule has 5 aromatic heterocycles. The fraction of sp³-hybridized carbons (Fsp3) is 0. The Bertz CT molecular complexity index is 5610. The summed E-state index contributed by atoms with van der Waals surface area (Å²) >= 11 is 3.61. The lowest BCUT2D eigenvalue weighted by Gasteiger charge is -2.26. The summed E-state index contributed by atoms with van der Waals surface area (Å²) in [5, 5.41) is 23.5. The topological polar surface area (TPSA) is 51.1 Å². The Hall–Kier alpha value is -10.5. The van der Waals surface area contributed by atoms with Gasteiger partial charge in [-0.05, 0) is 63.7 Å². The summed E-state index contributed by atoms with van der Waals surface area (Å²) in [5.41, 5.74) is 15.3. The Kier molecular flexibility index (Phi) is 9.82. The minimum Gasteiger partial charge on any atom is -0.456 e. The van der Waals surface area contributed by atoms with Crippen molar-refractivity contribution in [3.05, 3.63) is 260 Å². The second kappa shape index (κ2) is 17.5. The highest BCUT2D eigenvalue weighted by molar-refractivity contribution is 7.27. The lowest BCUT2D eigenvalue weighted by molar-refractivity contribution is 0.669. The fourth-order valence-electron chi connectivity index (χ4n) is 13.3. The predicted molar refractivity (Wildman–Crippen MR) is 341 cm³/mol. The maximum absolute atomic E-state index is 12.4. The van der Waals surface area contributed by atoms with Crippen LogP contribution >= 0.6 is 22.7 Å². The van der Waals surface area contributed by atoms with Crippen molar-refractivity contribution >= 4 is 134 Å². The van der Waals surface area contributed by atoms with E-state index in [1.807, 2.05) is 59.9 Å². The van der Waals surface area contributed by atoms with Crippen LogP contribution in [0.15, 0.2) is 247 Å². The number of hydrogen-bond donors (Lipinski definition) is 0. The first-order valence-corrected chi connectivity index (χ1v) is 28.6. The Morgan fingerprint density at radius 1 is 0.383 bits per heavy atom. The highest BCUT2D eigenvalue weighted by Crippen LogP contribution is 2.56. The lowest BCUT2D eigenvalue weighted by atomic mass is 9.88. The van der Waals surface area contributed by atoms with E-state index in [1.165, 1.54) is 25.7 Å². The van der Waals surface area contributed by atoms with Gasteiger partial charge >= 0.3 is 0 Å². The molecule has 17 aromatic rings. The summed E-state index contributed by atoms with van der Waals surface area (Å²) in [4.78, 5) is 4.66. The first-order valence-electron chi connectivity index (χ1n) is 27.0. The van der Waals surface area contributed by atoms with Crippen molar-refractivity contribution in [2.45, 2.75) is 0 Å². The average molecular weight is 1070 g/mol. The zero-order valence-electron chi connectivity index (χ0n) is 43.1. The average Bonchev–Trinajstić information content (AvgIpc) is 4.40. The molecule has 0 bridgehead atoms. The number of fused-ring (bicyclic) bond motifs is 17. The number of hydrogen-bond acceptors (Lipinski definition) is 4. The molecule has 5 heterocycles. The van der Waals surface area contributed by atoms with Crippen LogP contribution in [0.4, 0.5) is 5.69 Å². The SMILES string of the molecule is [C-]#[N+]c1c(-c2ccccc2)c(C#N)c(-n2c3c(ccc4c5ccccc5sc43)c3ccc4c5cccc(-c6ccccc6)c5sc4c32)c(-c2ccccc2)c1-n1c2ccccc2c2c(-c3cccc4oc5ccccc5c34)cccc21. The predicted octanol–water partition coefficient (Wildman–Crippen LogP) is 21.6. The van der Waals surface area contributed by atoms with E-state index in [2.05, 4.69) is 214 Å². The van der Waals surface area contributed by atoms with Gasteiger partial charge in [-0.3, -0.25) is 0 Å². The van der Waals surface area contributed by atoms with Gasteiger partial charge in [-0.2, -0.15) is 5.26 Å². The van der Waals surface area contributed by atoms with Crippen molar-refractivity contribution in [1.29, 1.82) is 5.26 Å². The summed E-state index contributed by atoms with van der Waals surface area (Å²) in [7, 11) is 0. The van der Waals surface area contributed by atoms with Gasteiger partial charge in [0.05, 0.1) is 55.0 Å². The normalized spacial score (nSPS) is 11.9. The van der Waals surface area contributed by atoms with E-state index in [4.69, 9.17) is 4.42 Å². The van der Waals surface area contributed by atoms with Gasteiger partial charge in [-0.1, -0.05) is 212 Å². The zero-order valence-corrected chi connectivity index (χ0v) is 44.7. The number of benzene rings is 12. The van der Waals surface area contributed by atoms with Gasteiger partial charge in [0.1, 0.15) is 17.2 Å². The Balaban J connectivity index is 1.12. The first-order chi connectivity index (χ1) is 40.2. The van der Waals surface area contributed by atoms with Gasteiger partial charge < -0.3 is 13.6 Å². The monoisotopic (exact) mass is 1060 g/mol. The molecule has 81 heavy (non-hydrogen) atoms. The lowest BCUT2D eigenvalue weighted by Crippen LogP contribution is -2.09. The highest BCUT2D eigenvalue weighted by Gasteiger charge is 2.33. The van der Waals surface area contributed by atoms with E-state index in [9.17, 15) is 11.8 Å². The number of nitrogens with zero attached hydrogens (tertiary/aromatic N) is 4. The zero-order chi connectivity index (χ0) is 53.4. The molecule has 0 spiro atoms. The molecule has 7 heteroatoms. The molecule has 0 radical (unpaired) electrons. The standard InChI is InChI=1S/C74H40N4OS2/c1-76-67-63(44-22-7-3-8-23-44)57(42-75)68(78-69-50(38-40-53-47-26-13-16-37-62(47)80-73(53)69)51-39-41-54-52-32-17-29-46(43-20-5-2-6-21-43)72(52)81-74(54)70(51)78)64(45-24-9-4-10-25-45)71(67)77-58-33-14-11-27-55(58)65-48(30-18-34-59(65)77)49-31-19-36-61-66(49)56-28-12-15-35-60(56)79-61/h2-41H. The van der Waals surface area contributed by atoms with Crippen LogP contribution in [0, 0.1) is 17.9 Å². The molecule has 0 atom stereocenters. The van der Waals surface area contributed by atoms with Crippen LogP contribution in [0.2, 0.25) is 0 Å². The van der Waals surface area contributed by atoms with Crippen molar-refractivity contribution in [1.82, 2.24) is 9.13 Å². The molecule has 0 aliphatic carbocycles. The fourth-order valence-corrected chi connectivity index (χ4v) is 15.9. The molecule has 0 fully saturated rings. The van der Waals surface area contributed by atoms with Crippen molar-refractivity contribution in [3.8, 4) is 62.0 Å². The summed E-state index contributed by atoms with van der Waals surface area (Å²) in [6, 6.07) is 88.4. The molecule has 0 N–H and O–H groups in total. The molecule has 374 valence electrons. The second-order valence-electron chi connectivity index (χ2n) is 20.7. The molecule has 0 amide bonds. The Morgan fingerprint density at radius 3 is 1.63 bits per heavy atom. The third kappa shape index (κ3) is 6.39. The maximum atomic E-state index is 12.4. The minimum absolute atomic E-state index is 0.392. The van der Waals surface area contributed by atoms with Crippen LogP contribution in [0.5, 0.6) is 0 Å². The number of aromatic nitrogens is 2. The molecule has 0 saturated carbocycles. The summed E-state index contributed by atoms with van der Waals surface area (Å²) in [6.07, 6.45) is 0. The third-order valence-electron chi connectivity index (χ3n) is 16.6. The smallest absolute Gasteiger partial charge is 0.220 e. The third-order valence-corrected chi connectivity index (χ3v) is 19.0. The van der Waals surface area contributed by atoms with Crippen LogP contribution in [0.25, 0.3) is 167 Å². The van der Waals surface area contributed by atoms with Crippen molar-refractivity contribution in [2.75, 3.05) is 0 Å². The molecule has 0 aliphatic rings. The van der Waals surface area contributed by atoms with Crippen molar-refractivity contribution in [2.24, 2.45) is 0 Å². The van der Waals surface area contributed by atoms with Gasteiger partial charge in [0.25, 0.3) is 0 Å². The van der Waals surface area contributed by atoms with Crippen LogP contribution in [-0.4, -0.2) is 9.13 Å². The second-order valence-corrected chi connectivity index (χ2v) is 22.8. The summed E-state index contributed by atoms with van der Waals surface area (Å²) in [6.45, 7) is 9.58. The van der Waals surface area contributed by atoms with E-state index in [0.717, 1.165) is 125 Å². The number of furan rings is 1. The molecule has 12 aromatic carbocycles. The molecule has 5 nitrogen and oxygen atoms in total. The Morgan fingerprint density at radius 2 is 0.901 bits per heavy atom. The van der Waals surface area contributed by atoms with E-state index >= 15 is 0 Å². The molecular weight excluding hydrogens is 1020 g/mol. The minimum atomic E-state index is 0.392. The van der Waals surface area contributed by atoms with Gasteiger partial charge in [-0.15, -0.1) is 22.7 Å². The van der Waals surface area contributed by atoms with Crippen LogP contribution in [0.3, 0.4) is 0 Å². The molecular formula is C74H40N4OS2. The number of nitriles is 1.